The lowest BCUT2D eigenvalue weighted by molar-refractivity contribution is -0.383. The van der Waals surface area contributed by atoms with E-state index in [4.69, 9.17) is 0 Å². The largest absolute Gasteiger partial charge is 0.280 e. The average Bonchev–Trinajstić information content (AvgIpc) is 2.17. The Bertz CT molecular complexity index is 554. The highest BCUT2D eigenvalue weighted by molar-refractivity contribution is 9.10. The first-order valence-corrected chi connectivity index (χ1v) is 5.09. The quantitative estimate of drug-likeness (QED) is 0.453. The molecular formula is C10H7BrN2O2. The summed E-state index contributed by atoms with van der Waals surface area (Å²) in [5.74, 6) is 0. The third-order valence-electron chi connectivity index (χ3n) is 2.25. The van der Waals surface area contributed by atoms with Gasteiger partial charge in [-0.3, -0.25) is 10.1 Å². The summed E-state index contributed by atoms with van der Waals surface area (Å²) >= 11 is 3.27. The van der Waals surface area contributed by atoms with Crippen molar-refractivity contribution in [3.63, 3.8) is 0 Å². The minimum atomic E-state index is -0.357. The maximum Gasteiger partial charge on any atom is 0.280 e. The second kappa shape index (κ2) is 3.58. The van der Waals surface area contributed by atoms with E-state index >= 15 is 0 Å². The van der Waals surface area contributed by atoms with Crippen molar-refractivity contribution in [3.8, 4) is 0 Å². The van der Waals surface area contributed by atoms with Crippen LogP contribution in [-0.2, 0) is 0 Å². The summed E-state index contributed by atoms with van der Waals surface area (Å²) < 4.78 is 0.628. The van der Waals surface area contributed by atoms with Gasteiger partial charge in [0.15, 0.2) is 0 Å². The fraction of sp³-hybridized carbons (Fsp3) is 0.100. The van der Waals surface area contributed by atoms with E-state index in [0.29, 0.717) is 15.6 Å². The van der Waals surface area contributed by atoms with Crippen LogP contribution in [0, 0.1) is 17.0 Å². The summed E-state index contributed by atoms with van der Waals surface area (Å²) in [6.45, 7) is 1.73. The molecule has 5 heteroatoms. The summed E-state index contributed by atoms with van der Waals surface area (Å²) in [7, 11) is 0. The Kier molecular flexibility index (Phi) is 2.40. The van der Waals surface area contributed by atoms with Gasteiger partial charge in [0, 0.05) is 17.1 Å². The molecule has 15 heavy (non-hydrogen) atoms. The van der Waals surface area contributed by atoms with E-state index in [1.807, 2.05) is 6.07 Å². The van der Waals surface area contributed by atoms with Gasteiger partial charge in [0.05, 0.1) is 10.3 Å². The third kappa shape index (κ3) is 1.59. The number of aryl methyl sites for hydroxylation is 1. The van der Waals surface area contributed by atoms with E-state index in [1.54, 1.807) is 25.3 Å². The molecule has 1 aromatic heterocycles. The number of aromatic nitrogens is 1. The third-order valence-corrected chi connectivity index (χ3v) is 2.88. The average molecular weight is 267 g/mol. The Labute approximate surface area is 94.2 Å². The van der Waals surface area contributed by atoms with Gasteiger partial charge in [-0.25, -0.2) is 4.98 Å². The lowest BCUT2D eigenvalue weighted by atomic mass is 10.1. The molecule has 1 aromatic carbocycles. The smallest absolute Gasteiger partial charge is 0.258 e. The number of hydrogen-bond donors (Lipinski definition) is 0. The zero-order chi connectivity index (χ0) is 11.0. The number of halogens is 1. The molecule has 0 amide bonds. The van der Waals surface area contributed by atoms with Gasteiger partial charge in [-0.15, -0.1) is 0 Å². The van der Waals surface area contributed by atoms with Crippen molar-refractivity contribution in [1.82, 2.24) is 4.98 Å². The number of hydrogen-bond acceptors (Lipinski definition) is 3. The molecule has 0 radical (unpaired) electrons. The van der Waals surface area contributed by atoms with E-state index in [-0.39, 0.29) is 10.6 Å². The van der Waals surface area contributed by atoms with Crippen molar-refractivity contribution in [2.24, 2.45) is 0 Å². The Balaban J connectivity index is 2.94. The van der Waals surface area contributed by atoms with Crippen LogP contribution in [0.2, 0.25) is 0 Å². The summed E-state index contributed by atoms with van der Waals surface area (Å²) in [6, 6.07) is 5.22. The predicted octanol–water partition coefficient (Wildman–Crippen LogP) is 3.21. The second-order valence-corrected chi connectivity index (χ2v) is 3.94. The van der Waals surface area contributed by atoms with Gasteiger partial charge >= 0.3 is 0 Å². The van der Waals surface area contributed by atoms with Crippen molar-refractivity contribution in [2.75, 3.05) is 0 Å². The van der Waals surface area contributed by atoms with Crippen LogP contribution in [0.15, 0.2) is 29.0 Å². The molecule has 76 valence electrons. The Morgan fingerprint density at radius 1 is 1.33 bits per heavy atom. The zero-order valence-corrected chi connectivity index (χ0v) is 9.48. The summed E-state index contributed by atoms with van der Waals surface area (Å²) in [6.07, 6.45) is 1.55. The number of rotatable bonds is 1. The molecule has 0 aliphatic carbocycles. The number of pyridine rings is 1. The Hall–Kier alpha value is -1.49. The van der Waals surface area contributed by atoms with Crippen molar-refractivity contribution in [2.45, 2.75) is 6.92 Å². The molecular weight excluding hydrogens is 260 g/mol. The van der Waals surface area contributed by atoms with Crippen LogP contribution in [0.3, 0.4) is 0 Å². The number of benzene rings is 1. The van der Waals surface area contributed by atoms with Gasteiger partial charge < -0.3 is 0 Å². The molecule has 0 fully saturated rings. The summed E-state index contributed by atoms with van der Waals surface area (Å²) in [5.41, 5.74) is 0.807. The minimum absolute atomic E-state index is 0.149. The molecule has 0 atom stereocenters. The van der Waals surface area contributed by atoms with Gasteiger partial charge in [0.25, 0.3) is 5.69 Å². The maximum absolute atomic E-state index is 10.9. The fourth-order valence-corrected chi connectivity index (χ4v) is 2.02. The highest BCUT2D eigenvalue weighted by Crippen LogP contribution is 2.31. The molecule has 0 aliphatic heterocycles. The summed E-state index contributed by atoms with van der Waals surface area (Å²) in [4.78, 5) is 14.6. The van der Waals surface area contributed by atoms with Crippen LogP contribution < -0.4 is 0 Å². The number of nitro groups is 1. The Morgan fingerprint density at radius 2 is 2.07 bits per heavy atom. The zero-order valence-electron chi connectivity index (χ0n) is 7.90. The van der Waals surface area contributed by atoms with Crippen LogP contribution in [0.5, 0.6) is 0 Å². The molecule has 2 aromatic rings. The van der Waals surface area contributed by atoms with E-state index in [0.717, 1.165) is 5.39 Å². The first-order chi connectivity index (χ1) is 7.11. The molecule has 1 heterocycles. The first-order valence-electron chi connectivity index (χ1n) is 4.29. The lowest BCUT2D eigenvalue weighted by Gasteiger charge is -2.03. The summed E-state index contributed by atoms with van der Waals surface area (Å²) in [5, 5.41) is 12.3. The van der Waals surface area contributed by atoms with Gasteiger partial charge in [0.1, 0.15) is 4.60 Å². The lowest BCUT2D eigenvalue weighted by Crippen LogP contribution is -1.93. The molecule has 4 nitrogen and oxygen atoms in total. The van der Waals surface area contributed by atoms with Crippen LogP contribution in [0.1, 0.15) is 5.56 Å². The van der Waals surface area contributed by atoms with Gasteiger partial charge in [0.2, 0.25) is 0 Å². The van der Waals surface area contributed by atoms with Crippen molar-refractivity contribution < 1.29 is 4.92 Å². The molecule has 0 unspecified atom stereocenters. The number of nitrogens with zero attached hydrogens (tertiary/aromatic N) is 2. The van der Waals surface area contributed by atoms with Gasteiger partial charge in [-0.05, 0) is 28.9 Å². The second-order valence-electron chi connectivity index (χ2n) is 3.19. The van der Waals surface area contributed by atoms with E-state index < -0.39 is 0 Å². The van der Waals surface area contributed by atoms with Crippen molar-refractivity contribution in [3.05, 3.63) is 44.7 Å². The molecule has 0 saturated heterocycles. The molecule has 0 bridgehead atoms. The van der Waals surface area contributed by atoms with Crippen LogP contribution in [-0.4, -0.2) is 9.91 Å². The maximum atomic E-state index is 10.9. The van der Waals surface area contributed by atoms with Crippen LogP contribution in [0.25, 0.3) is 10.8 Å². The van der Waals surface area contributed by atoms with E-state index in [9.17, 15) is 10.1 Å². The Morgan fingerprint density at radius 3 is 2.73 bits per heavy atom. The molecule has 0 spiro atoms. The van der Waals surface area contributed by atoms with Crippen LogP contribution >= 0.6 is 15.9 Å². The molecule has 0 aliphatic rings. The molecule has 0 saturated carbocycles. The fourth-order valence-electron chi connectivity index (χ4n) is 1.55. The van der Waals surface area contributed by atoms with Crippen LogP contribution in [0.4, 0.5) is 5.69 Å². The van der Waals surface area contributed by atoms with E-state index in [1.165, 1.54) is 0 Å². The van der Waals surface area contributed by atoms with Crippen molar-refractivity contribution in [1.29, 1.82) is 0 Å². The monoisotopic (exact) mass is 266 g/mol. The van der Waals surface area contributed by atoms with Crippen molar-refractivity contribution >= 4 is 32.4 Å². The highest BCUT2D eigenvalue weighted by atomic mass is 79.9. The SMILES string of the molecule is Cc1ccc2c(Br)nccc2c1[N+](=O)[O-]. The van der Waals surface area contributed by atoms with Gasteiger partial charge in [-0.2, -0.15) is 0 Å². The standard InChI is InChI=1S/C10H7BrN2O2/c1-6-2-3-8-7(9(6)13(14)15)4-5-12-10(8)11/h2-5H,1H3. The normalized spacial score (nSPS) is 10.5. The topological polar surface area (TPSA) is 56.0 Å². The molecule has 0 N–H and O–H groups in total. The van der Waals surface area contributed by atoms with E-state index in [2.05, 4.69) is 20.9 Å². The highest BCUT2D eigenvalue weighted by Gasteiger charge is 2.16. The first kappa shape index (κ1) is 10.0. The van der Waals surface area contributed by atoms with Gasteiger partial charge in [-0.1, -0.05) is 12.1 Å². The predicted molar refractivity (Wildman–Crippen MR) is 60.8 cm³/mol. The number of fused-ring (bicyclic) bond motifs is 1. The minimum Gasteiger partial charge on any atom is -0.258 e. The number of nitro benzene ring substituents is 1. The molecule has 2 rings (SSSR count).